The van der Waals surface area contributed by atoms with Crippen LogP contribution >= 0.6 is 0 Å². The van der Waals surface area contributed by atoms with E-state index < -0.39 is 0 Å². The molecule has 0 spiro atoms. The molecule has 0 N–H and O–H groups in total. The third kappa shape index (κ3) is 2.03. The molecule has 1 aromatic carbocycles. The van der Waals surface area contributed by atoms with E-state index in [1.54, 1.807) is 6.20 Å². The molecule has 0 radical (unpaired) electrons. The Bertz CT molecular complexity index is 1130. The Kier molecular flexibility index (Phi) is 3.19. The largest absolute Gasteiger partial charge is 0.435 e. The number of nitrogens with zero attached hydrogens (tertiary/aromatic N) is 4. The van der Waals surface area contributed by atoms with Crippen LogP contribution in [0, 0.1) is 6.92 Å². The number of benzene rings is 1. The van der Waals surface area contributed by atoms with E-state index in [0.717, 1.165) is 40.1 Å². The fourth-order valence-corrected chi connectivity index (χ4v) is 3.87. The maximum Gasteiger partial charge on any atom is 0.227 e. The summed E-state index contributed by atoms with van der Waals surface area (Å²) >= 11 is 0. The number of hydrogen-bond donors (Lipinski definition) is 0. The molecule has 1 aliphatic heterocycles. The molecule has 4 aromatic rings. The SMILES string of the molecule is Cc1ccc2c(oc3ncccc32)c1N1C[C@H](C)N(C)c2cccnc21. The summed E-state index contributed by atoms with van der Waals surface area (Å²) in [5, 5.41) is 2.14. The zero-order valence-electron chi connectivity index (χ0n) is 15.1. The van der Waals surface area contributed by atoms with Crippen molar-refractivity contribution in [2.45, 2.75) is 19.9 Å². The highest BCUT2D eigenvalue weighted by atomic mass is 16.3. The number of rotatable bonds is 1. The van der Waals surface area contributed by atoms with Gasteiger partial charge in [0.1, 0.15) is 0 Å². The Morgan fingerprint density at radius 2 is 1.85 bits per heavy atom. The van der Waals surface area contributed by atoms with Crippen molar-refractivity contribution in [2.75, 3.05) is 23.4 Å². The molecule has 0 unspecified atom stereocenters. The van der Waals surface area contributed by atoms with Crippen LogP contribution < -0.4 is 9.80 Å². The Labute approximate surface area is 151 Å². The van der Waals surface area contributed by atoms with E-state index in [9.17, 15) is 0 Å². The normalized spacial score (nSPS) is 17.1. The molecule has 5 rings (SSSR count). The van der Waals surface area contributed by atoms with E-state index in [2.05, 4.69) is 59.9 Å². The van der Waals surface area contributed by atoms with Crippen LogP contribution in [0.3, 0.4) is 0 Å². The van der Waals surface area contributed by atoms with Gasteiger partial charge in [-0.25, -0.2) is 9.97 Å². The number of pyridine rings is 2. The van der Waals surface area contributed by atoms with Crippen LogP contribution in [0.2, 0.25) is 0 Å². The van der Waals surface area contributed by atoms with Crippen molar-refractivity contribution >= 4 is 39.3 Å². The van der Waals surface area contributed by atoms with Crippen LogP contribution in [0.1, 0.15) is 12.5 Å². The number of anilines is 3. The lowest BCUT2D eigenvalue weighted by molar-refractivity contribution is 0.636. The van der Waals surface area contributed by atoms with Crippen molar-refractivity contribution in [3.8, 4) is 0 Å². The maximum atomic E-state index is 6.20. The molecule has 5 nitrogen and oxygen atoms in total. The molecule has 0 saturated heterocycles. The molecule has 0 saturated carbocycles. The van der Waals surface area contributed by atoms with E-state index in [4.69, 9.17) is 9.40 Å². The lowest BCUT2D eigenvalue weighted by Crippen LogP contribution is -2.44. The van der Waals surface area contributed by atoms with Crippen LogP contribution in [0.15, 0.2) is 53.2 Å². The second-order valence-corrected chi connectivity index (χ2v) is 6.98. The zero-order chi connectivity index (χ0) is 17.8. The van der Waals surface area contributed by atoms with E-state index in [1.807, 2.05) is 18.3 Å². The lowest BCUT2D eigenvalue weighted by atomic mass is 10.1. The van der Waals surface area contributed by atoms with E-state index in [-0.39, 0.29) is 0 Å². The minimum absolute atomic E-state index is 0.365. The summed E-state index contributed by atoms with van der Waals surface area (Å²) in [5.74, 6) is 0.970. The van der Waals surface area contributed by atoms with Crippen LogP contribution in [-0.4, -0.2) is 29.6 Å². The number of hydrogen-bond acceptors (Lipinski definition) is 5. The summed E-state index contributed by atoms with van der Waals surface area (Å²) < 4.78 is 6.20. The van der Waals surface area contributed by atoms with Crippen LogP contribution in [-0.2, 0) is 0 Å². The number of aromatic nitrogens is 2. The van der Waals surface area contributed by atoms with Crippen LogP contribution in [0.5, 0.6) is 0 Å². The number of furan rings is 1. The molecule has 3 aromatic heterocycles. The van der Waals surface area contributed by atoms with Gasteiger partial charge < -0.3 is 14.2 Å². The maximum absolute atomic E-state index is 6.20. The average molecular weight is 344 g/mol. The van der Waals surface area contributed by atoms with Crippen molar-refractivity contribution in [3.63, 3.8) is 0 Å². The number of aryl methyl sites for hydroxylation is 1. The first-order valence-electron chi connectivity index (χ1n) is 8.87. The number of fused-ring (bicyclic) bond motifs is 4. The quantitative estimate of drug-likeness (QED) is 0.502. The summed E-state index contributed by atoms with van der Waals surface area (Å²) in [6.45, 7) is 5.21. The van der Waals surface area contributed by atoms with E-state index >= 15 is 0 Å². The monoisotopic (exact) mass is 344 g/mol. The predicted molar refractivity (Wildman–Crippen MR) is 105 cm³/mol. The molecule has 26 heavy (non-hydrogen) atoms. The van der Waals surface area contributed by atoms with Gasteiger partial charge in [-0.05, 0) is 43.7 Å². The van der Waals surface area contributed by atoms with Gasteiger partial charge in [0.2, 0.25) is 5.71 Å². The molecule has 1 aliphatic rings. The molecule has 5 heteroatoms. The number of likely N-dealkylation sites (N-methyl/N-ethyl adjacent to an activating group) is 1. The zero-order valence-corrected chi connectivity index (χ0v) is 15.1. The third-order valence-electron chi connectivity index (χ3n) is 5.37. The second kappa shape index (κ2) is 5.46. The van der Waals surface area contributed by atoms with Crippen molar-refractivity contribution in [1.29, 1.82) is 0 Å². The summed E-state index contributed by atoms with van der Waals surface area (Å²) in [6.07, 6.45) is 3.62. The molecule has 0 bridgehead atoms. The third-order valence-corrected chi connectivity index (χ3v) is 5.37. The lowest BCUT2D eigenvalue weighted by Gasteiger charge is -2.40. The van der Waals surface area contributed by atoms with Crippen molar-refractivity contribution in [2.24, 2.45) is 0 Å². The van der Waals surface area contributed by atoms with Gasteiger partial charge >= 0.3 is 0 Å². The standard InChI is InChI=1S/C21H20N4O/c1-13-8-9-15-16-6-4-11-23-21(16)26-19(15)18(13)25-12-14(2)24(3)17-7-5-10-22-20(17)25/h4-11,14H,12H2,1-3H3/t14-/m0/s1. The molecule has 130 valence electrons. The topological polar surface area (TPSA) is 45.4 Å². The highest BCUT2D eigenvalue weighted by Crippen LogP contribution is 2.43. The highest BCUT2D eigenvalue weighted by molar-refractivity contribution is 6.09. The van der Waals surface area contributed by atoms with Gasteiger partial charge in [0.25, 0.3) is 0 Å². The van der Waals surface area contributed by atoms with E-state index in [0.29, 0.717) is 11.8 Å². The van der Waals surface area contributed by atoms with Gasteiger partial charge in [0, 0.05) is 42.8 Å². The molecule has 1 atom stereocenters. The molecule has 0 aliphatic carbocycles. The summed E-state index contributed by atoms with van der Waals surface area (Å²) in [5.41, 5.74) is 4.95. The van der Waals surface area contributed by atoms with Crippen LogP contribution in [0.4, 0.5) is 17.2 Å². The first kappa shape index (κ1) is 15.2. The molecule has 0 amide bonds. The second-order valence-electron chi connectivity index (χ2n) is 6.98. The van der Waals surface area contributed by atoms with Gasteiger partial charge in [0.05, 0.1) is 11.4 Å². The Hall–Kier alpha value is -3.08. The minimum atomic E-state index is 0.365. The highest BCUT2D eigenvalue weighted by Gasteiger charge is 2.30. The fourth-order valence-electron chi connectivity index (χ4n) is 3.87. The van der Waals surface area contributed by atoms with Crippen molar-refractivity contribution < 1.29 is 4.42 Å². The van der Waals surface area contributed by atoms with E-state index in [1.165, 1.54) is 5.56 Å². The Balaban J connectivity index is 1.82. The minimum Gasteiger partial charge on any atom is -0.435 e. The van der Waals surface area contributed by atoms with Gasteiger partial charge in [-0.3, -0.25) is 0 Å². The predicted octanol–water partition coefficient (Wildman–Crippen LogP) is 4.66. The Morgan fingerprint density at radius 3 is 2.73 bits per heavy atom. The Morgan fingerprint density at radius 1 is 1.04 bits per heavy atom. The first-order valence-corrected chi connectivity index (χ1v) is 8.87. The molecular formula is C21H20N4O. The van der Waals surface area contributed by atoms with Crippen molar-refractivity contribution in [3.05, 3.63) is 54.4 Å². The molecule has 4 heterocycles. The van der Waals surface area contributed by atoms with Crippen molar-refractivity contribution in [1.82, 2.24) is 9.97 Å². The van der Waals surface area contributed by atoms with Gasteiger partial charge in [-0.1, -0.05) is 12.1 Å². The van der Waals surface area contributed by atoms with Crippen LogP contribution in [0.25, 0.3) is 22.1 Å². The summed E-state index contributed by atoms with van der Waals surface area (Å²) in [7, 11) is 2.13. The van der Waals surface area contributed by atoms with Gasteiger partial charge in [-0.2, -0.15) is 0 Å². The van der Waals surface area contributed by atoms with Gasteiger partial charge in [-0.15, -0.1) is 0 Å². The fraction of sp³-hybridized carbons (Fsp3) is 0.238. The average Bonchev–Trinajstić information content (AvgIpc) is 3.03. The molecular weight excluding hydrogens is 324 g/mol. The van der Waals surface area contributed by atoms with Gasteiger partial charge in [0.15, 0.2) is 11.4 Å². The summed E-state index contributed by atoms with van der Waals surface area (Å²) in [6, 6.07) is 12.8. The smallest absolute Gasteiger partial charge is 0.227 e. The summed E-state index contributed by atoms with van der Waals surface area (Å²) in [4.78, 5) is 13.7. The first-order chi connectivity index (χ1) is 12.6. The molecule has 0 fully saturated rings.